The highest BCUT2D eigenvalue weighted by Crippen LogP contribution is 2.32. The number of H-pyrrole nitrogens is 1. The minimum Gasteiger partial charge on any atom is -0.339 e. The maximum absolute atomic E-state index is 12.8. The van der Waals surface area contributed by atoms with E-state index < -0.39 is 0 Å². The molecule has 0 atom stereocenters. The molecule has 1 N–H and O–H groups in total. The Kier molecular flexibility index (Phi) is 4.12. The third-order valence-electron chi connectivity index (χ3n) is 5.85. The average molecular weight is 370 g/mol. The number of carbonyl (C=O) groups is 1. The van der Waals surface area contributed by atoms with E-state index in [9.17, 15) is 9.59 Å². The van der Waals surface area contributed by atoms with Crippen LogP contribution in [-0.4, -0.2) is 28.9 Å². The van der Waals surface area contributed by atoms with Crippen molar-refractivity contribution >= 4 is 28.5 Å². The van der Waals surface area contributed by atoms with E-state index in [1.54, 1.807) is 0 Å². The van der Waals surface area contributed by atoms with Gasteiger partial charge in [-0.05, 0) is 72.0 Å². The summed E-state index contributed by atoms with van der Waals surface area (Å²) >= 11 is 0. The molecule has 28 heavy (non-hydrogen) atoms. The molecule has 1 saturated heterocycles. The highest BCUT2D eigenvalue weighted by molar-refractivity contribution is 5.97. The van der Waals surface area contributed by atoms with Gasteiger partial charge in [0.15, 0.2) is 0 Å². The molecular formula is C24H22N2O2. The van der Waals surface area contributed by atoms with Crippen molar-refractivity contribution < 1.29 is 4.79 Å². The number of amides is 1. The fourth-order valence-corrected chi connectivity index (χ4v) is 4.31. The molecule has 1 aliphatic carbocycles. The Balaban J connectivity index is 1.48. The Morgan fingerprint density at radius 2 is 1.79 bits per heavy atom. The van der Waals surface area contributed by atoms with Gasteiger partial charge in [0.1, 0.15) is 0 Å². The van der Waals surface area contributed by atoms with Crippen LogP contribution in [0.3, 0.4) is 0 Å². The van der Waals surface area contributed by atoms with Crippen molar-refractivity contribution in [3.63, 3.8) is 0 Å². The number of nitrogens with one attached hydrogen (secondary N) is 1. The molecule has 2 heterocycles. The minimum atomic E-state index is -0.0672. The zero-order valence-corrected chi connectivity index (χ0v) is 15.7. The number of allylic oxidation sites excluding steroid dienone is 1. The van der Waals surface area contributed by atoms with Gasteiger partial charge in [-0.15, -0.1) is 0 Å². The summed E-state index contributed by atoms with van der Waals surface area (Å²) in [4.78, 5) is 30.3. The van der Waals surface area contributed by atoms with Crippen molar-refractivity contribution in [3.05, 3.63) is 81.1 Å². The van der Waals surface area contributed by atoms with Gasteiger partial charge in [-0.1, -0.05) is 30.3 Å². The molecule has 2 aromatic carbocycles. The maximum atomic E-state index is 12.8. The van der Waals surface area contributed by atoms with Gasteiger partial charge in [0.05, 0.1) is 0 Å². The summed E-state index contributed by atoms with van der Waals surface area (Å²) in [7, 11) is 0. The lowest BCUT2D eigenvalue weighted by molar-refractivity contribution is 0.0724. The molecule has 140 valence electrons. The summed E-state index contributed by atoms with van der Waals surface area (Å²) in [6.07, 6.45) is 6.16. The molecule has 0 radical (unpaired) electrons. The van der Waals surface area contributed by atoms with Crippen molar-refractivity contribution in [2.45, 2.75) is 25.7 Å². The van der Waals surface area contributed by atoms with E-state index in [1.165, 1.54) is 6.42 Å². The van der Waals surface area contributed by atoms with Gasteiger partial charge in [0.25, 0.3) is 11.5 Å². The number of aromatic amines is 1. The fraction of sp³-hybridized carbons (Fsp3) is 0.250. The predicted molar refractivity (Wildman–Crippen MR) is 112 cm³/mol. The minimum absolute atomic E-state index is 0.0672. The van der Waals surface area contributed by atoms with Gasteiger partial charge < -0.3 is 9.88 Å². The summed E-state index contributed by atoms with van der Waals surface area (Å²) in [6.45, 7) is 1.70. The number of benzene rings is 2. The van der Waals surface area contributed by atoms with Crippen LogP contribution in [0.15, 0.2) is 53.3 Å². The van der Waals surface area contributed by atoms with E-state index in [0.717, 1.165) is 65.5 Å². The fourth-order valence-electron chi connectivity index (χ4n) is 4.31. The van der Waals surface area contributed by atoms with Gasteiger partial charge in [0, 0.05) is 29.7 Å². The van der Waals surface area contributed by atoms with Crippen molar-refractivity contribution in [2.75, 3.05) is 13.1 Å². The third-order valence-corrected chi connectivity index (χ3v) is 5.85. The lowest BCUT2D eigenvalue weighted by atomic mass is 10.0. The zero-order chi connectivity index (χ0) is 19.1. The smallest absolute Gasteiger partial charge is 0.255 e. The Morgan fingerprint density at radius 1 is 0.964 bits per heavy atom. The van der Waals surface area contributed by atoms with E-state index in [2.05, 4.69) is 11.1 Å². The Hall–Kier alpha value is -3.14. The normalized spacial score (nSPS) is 16.1. The highest BCUT2D eigenvalue weighted by atomic mass is 16.2. The SMILES string of the molecule is O=C(c1ccc2c(c1)C=C(c1cc3ccccc3[nH]c1=O)C2)N1CCCCC1. The van der Waals surface area contributed by atoms with Crippen molar-refractivity contribution in [3.8, 4) is 0 Å². The van der Waals surface area contributed by atoms with Crippen LogP contribution in [0.5, 0.6) is 0 Å². The molecule has 5 rings (SSSR count). The lowest BCUT2D eigenvalue weighted by Gasteiger charge is -2.26. The van der Waals surface area contributed by atoms with Gasteiger partial charge in [-0.25, -0.2) is 0 Å². The second-order valence-electron chi connectivity index (χ2n) is 7.71. The summed E-state index contributed by atoms with van der Waals surface area (Å²) in [6, 6.07) is 15.7. The Morgan fingerprint density at radius 3 is 2.64 bits per heavy atom. The van der Waals surface area contributed by atoms with E-state index in [4.69, 9.17) is 0 Å². The number of fused-ring (bicyclic) bond motifs is 2. The molecule has 2 aliphatic rings. The van der Waals surface area contributed by atoms with E-state index in [0.29, 0.717) is 5.56 Å². The van der Waals surface area contributed by atoms with Gasteiger partial charge >= 0.3 is 0 Å². The first kappa shape index (κ1) is 17.0. The lowest BCUT2D eigenvalue weighted by Crippen LogP contribution is -2.35. The number of aromatic nitrogens is 1. The molecule has 1 fully saturated rings. The molecule has 0 spiro atoms. The summed E-state index contributed by atoms with van der Waals surface area (Å²) in [5.41, 5.74) is 5.45. The standard InChI is InChI=1S/C24H22N2O2/c27-23-21(15-17-6-2-3-7-22(17)25-23)20-12-16-8-9-18(13-19(16)14-20)24(28)26-10-4-1-5-11-26/h2-3,6-9,13-15H,1,4-5,10-12H2,(H,25,27). The van der Waals surface area contributed by atoms with E-state index in [1.807, 2.05) is 53.4 Å². The molecule has 4 nitrogen and oxygen atoms in total. The van der Waals surface area contributed by atoms with Gasteiger partial charge in [0.2, 0.25) is 0 Å². The van der Waals surface area contributed by atoms with E-state index in [-0.39, 0.29) is 11.5 Å². The maximum Gasteiger partial charge on any atom is 0.255 e. The van der Waals surface area contributed by atoms with E-state index >= 15 is 0 Å². The van der Waals surface area contributed by atoms with Crippen LogP contribution in [-0.2, 0) is 6.42 Å². The monoisotopic (exact) mass is 370 g/mol. The molecule has 3 aromatic rings. The van der Waals surface area contributed by atoms with Crippen LogP contribution in [0.1, 0.15) is 46.3 Å². The Labute approximate surface area is 163 Å². The molecular weight excluding hydrogens is 348 g/mol. The van der Waals surface area contributed by atoms with Crippen LogP contribution in [0, 0.1) is 0 Å². The number of hydrogen-bond acceptors (Lipinski definition) is 2. The summed E-state index contributed by atoms with van der Waals surface area (Å²) in [5, 5.41) is 1.02. The second-order valence-corrected chi connectivity index (χ2v) is 7.71. The van der Waals surface area contributed by atoms with Crippen LogP contribution >= 0.6 is 0 Å². The van der Waals surface area contributed by atoms with Crippen LogP contribution in [0.4, 0.5) is 0 Å². The summed E-state index contributed by atoms with van der Waals surface area (Å²) in [5.74, 6) is 0.118. The molecule has 4 heteroatoms. The van der Waals surface area contributed by atoms with Gasteiger partial charge in [-0.2, -0.15) is 0 Å². The number of pyridine rings is 1. The van der Waals surface area contributed by atoms with Crippen molar-refractivity contribution in [1.82, 2.24) is 9.88 Å². The quantitative estimate of drug-likeness (QED) is 0.733. The van der Waals surface area contributed by atoms with Crippen molar-refractivity contribution in [2.24, 2.45) is 0 Å². The number of carbonyl (C=O) groups excluding carboxylic acids is 1. The number of hydrogen-bond donors (Lipinski definition) is 1. The second kappa shape index (κ2) is 6.79. The number of likely N-dealkylation sites (tertiary alicyclic amines) is 1. The molecule has 0 saturated carbocycles. The number of para-hydroxylation sites is 1. The highest BCUT2D eigenvalue weighted by Gasteiger charge is 2.22. The molecule has 1 amide bonds. The van der Waals surface area contributed by atoms with Gasteiger partial charge in [-0.3, -0.25) is 9.59 Å². The van der Waals surface area contributed by atoms with Crippen LogP contribution in [0.2, 0.25) is 0 Å². The molecule has 0 bridgehead atoms. The average Bonchev–Trinajstić information content (AvgIpc) is 3.16. The van der Waals surface area contributed by atoms with Crippen LogP contribution in [0.25, 0.3) is 22.6 Å². The third kappa shape index (κ3) is 2.95. The molecule has 0 unspecified atom stereocenters. The molecule has 1 aliphatic heterocycles. The van der Waals surface area contributed by atoms with Crippen LogP contribution < -0.4 is 5.56 Å². The largest absolute Gasteiger partial charge is 0.339 e. The number of nitrogens with zero attached hydrogens (tertiary/aromatic N) is 1. The predicted octanol–water partition coefficient (Wildman–Crippen LogP) is 4.25. The molecule has 1 aromatic heterocycles. The summed E-state index contributed by atoms with van der Waals surface area (Å²) < 4.78 is 0. The Bertz CT molecular complexity index is 1170. The first-order valence-corrected chi connectivity index (χ1v) is 9.94. The van der Waals surface area contributed by atoms with Crippen molar-refractivity contribution in [1.29, 1.82) is 0 Å². The zero-order valence-electron chi connectivity index (χ0n) is 15.7. The topological polar surface area (TPSA) is 53.2 Å². The first-order chi connectivity index (χ1) is 13.7. The number of rotatable bonds is 2. The number of piperidine rings is 1. The first-order valence-electron chi connectivity index (χ1n) is 9.94.